The van der Waals surface area contributed by atoms with Crippen molar-refractivity contribution in [2.24, 2.45) is 0 Å². The van der Waals surface area contributed by atoms with E-state index < -0.39 is 0 Å². The molecule has 0 bridgehead atoms. The summed E-state index contributed by atoms with van der Waals surface area (Å²) in [6.07, 6.45) is 0. The smallest absolute Gasteiger partial charge is 0.125 e. The van der Waals surface area contributed by atoms with Crippen LogP contribution in [-0.4, -0.2) is 4.98 Å². The Hall–Kier alpha value is -1.69. The normalized spacial score (nSPS) is 10.8. The molecule has 0 aliphatic heterocycles. The first-order valence-corrected chi connectivity index (χ1v) is 6.84. The van der Waals surface area contributed by atoms with Gasteiger partial charge in [0.15, 0.2) is 0 Å². The first-order valence-electron chi connectivity index (χ1n) is 5.76. The van der Waals surface area contributed by atoms with E-state index in [2.05, 4.69) is 27.6 Å². The molecule has 19 heavy (non-hydrogen) atoms. The molecule has 3 aromatic rings. The van der Waals surface area contributed by atoms with Crippen molar-refractivity contribution in [3.05, 3.63) is 57.9 Å². The number of benzene rings is 2. The lowest BCUT2D eigenvalue weighted by Gasteiger charge is -2.08. The maximum absolute atomic E-state index is 13.4. The third-order valence-corrected chi connectivity index (χ3v) is 3.76. The standard InChI is InChI=1S/C15H10FIN2/c16-10-6-11-13(18)8-14(9-4-2-1-3-5-9)19-15(11)12(17)7-10/h1-8H,(H2,18,19). The molecule has 2 N–H and O–H groups in total. The Kier molecular flexibility index (Phi) is 3.10. The molecule has 0 aliphatic rings. The summed E-state index contributed by atoms with van der Waals surface area (Å²) in [4.78, 5) is 4.59. The molecule has 3 rings (SSSR count). The molecule has 0 aliphatic carbocycles. The zero-order chi connectivity index (χ0) is 13.4. The fraction of sp³-hybridized carbons (Fsp3) is 0. The van der Waals surface area contributed by atoms with E-state index in [4.69, 9.17) is 5.73 Å². The monoisotopic (exact) mass is 364 g/mol. The van der Waals surface area contributed by atoms with Gasteiger partial charge in [0.1, 0.15) is 5.82 Å². The highest BCUT2D eigenvalue weighted by molar-refractivity contribution is 14.1. The molecule has 0 atom stereocenters. The molecule has 1 heterocycles. The van der Waals surface area contributed by atoms with Crippen LogP contribution >= 0.6 is 22.6 Å². The van der Waals surface area contributed by atoms with Crippen molar-refractivity contribution < 1.29 is 4.39 Å². The van der Waals surface area contributed by atoms with Gasteiger partial charge in [-0.25, -0.2) is 9.37 Å². The van der Waals surface area contributed by atoms with Crippen molar-refractivity contribution in [2.75, 3.05) is 5.73 Å². The third kappa shape index (κ3) is 2.28. The van der Waals surface area contributed by atoms with Crippen molar-refractivity contribution >= 4 is 39.2 Å². The fourth-order valence-electron chi connectivity index (χ4n) is 2.03. The van der Waals surface area contributed by atoms with Crippen molar-refractivity contribution in [3.8, 4) is 11.3 Å². The Morgan fingerprint density at radius 2 is 1.79 bits per heavy atom. The van der Waals surface area contributed by atoms with E-state index in [0.29, 0.717) is 11.1 Å². The number of halogens is 2. The number of nitrogen functional groups attached to an aromatic ring is 1. The number of rotatable bonds is 1. The van der Waals surface area contributed by atoms with Gasteiger partial charge in [0.05, 0.1) is 11.2 Å². The van der Waals surface area contributed by atoms with Crippen molar-refractivity contribution in [1.82, 2.24) is 4.98 Å². The number of aromatic nitrogens is 1. The zero-order valence-electron chi connectivity index (χ0n) is 9.90. The van der Waals surface area contributed by atoms with Gasteiger partial charge in [0, 0.05) is 20.2 Å². The van der Waals surface area contributed by atoms with E-state index in [-0.39, 0.29) is 5.82 Å². The van der Waals surface area contributed by atoms with Gasteiger partial charge in [-0.05, 0) is 40.8 Å². The Labute approximate surface area is 123 Å². The Balaban J connectivity index is 2.31. The van der Waals surface area contributed by atoms with Gasteiger partial charge >= 0.3 is 0 Å². The molecule has 0 saturated carbocycles. The SMILES string of the molecule is Nc1cc(-c2ccccc2)nc2c(I)cc(F)cc12. The predicted octanol–water partition coefficient (Wildman–Crippen LogP) is 4.23. The molecule has 0 saturated heterocycles. The second-order valence-electron chi connectivity index (χ2n) is 4.25. The summed E-state index contributed by atoms with van der Waals surface area (Å²) < 4.78 is 14.2. The quantitative estimate of drug-likeness (QED) is 0.657. The zero-order valence-corrected chi connectivity index (χ0v) is 12.1. The summed E-state index contributed by atoms with van der Waals surface area (Å²) in [7, 11) is 0. The number of nitrogens with zero attached hydrogens (tertiary/aromatic N) is 1. The number of pyridine rings is 1. The van der Waals surface area contributed by atoms with E-state index in [1.54, 1.807) is 6.07 Å². The second kappa shape index (κ2) is 4.77. The number of hydrogen-bond acceptors (Lipinski definition) is 2. The minimum Gasteiger partial charge on any atom is -0.398 e. The summed E-state index contributed by atoms with van der Waals surface area (Å²) in [6.45, 7) is 0. The molecular weight excluding hydrogens is 354 g/mol. The first-order chi connectivity index (χ1) is 9.15. The molecule has 0 spiro atoms. The molecule has 2 nitrogen and oxygen atoms in total. The number of fused-ring (bicyclic) bond motifs is 1. The fourth-order valence-corrected chi connectivity index (χ4v) is 2.74. The summed E-state index contributed by atoms with van der Waals surface area (Å²) in [5.41, 5.74) is 9.10. The maximum atomic E-state index is 13.4. The Bertz CT molecular complexity index is 757. The van der Waals surface area contributed by atoms with Crippen LogP contribution in [0.25, 0.3) is 22.2 Å². The highest BCUT2D eigenvalue weighted by atomic mass is 127. The van der Waals surface area contributed by atoms with E-state index in [1.165, 1.54) is 12.1 Å². The molecule has 0 amide bonds. The van der Waals surface area contributed by atoms with Crippen LogP contribution in [0.5, 0.6) is 0 Å². The van der Waals surface area contributed by atoms with Crippen LogP contribution in [0, 0.1) is 9.39 Å². The van der Waals surface area contributed by atoms with E-state index in [9.17, 15) is 4.39 Å². The average Bonchev–Trinajstić information content (AvgIpc) is 2.41. The van der Waals surface area contributed by atoms with Crippen LogP contribution in [0.4, 0.5) is 10.1 Å². The molecule has 2 aromatic carbocycles. The average molecular weight is 364 g/mol. The van der Waals surface area contributed by atoms with E-state index in [1.807, 2.05) is 30.3 Å². The van der Waals surface area contributed by atoms with Crippen LogP contribution in [0.1, 0.15) is 0 Å². The second-order valence-corrected chi connectivity index (χ2v) is 5.41. The Morgan fingerprint density at radius 3 is 2.53 bits per heavy atom. The van der Waals surface area contributed by atoms with Gasteiger partial charge in [-0.1, -0.05) is 30.3 Å². The van der Waals surface area contributed by atoms with Gasteiger partial charge in [-0.15, -0.1) is 0 Å². The van der Waals surface area contributed by atoms with E-state index in [0.717, 1.165) is 20.3 Å². The lowest BCUT2D eigenvalue weighted by molar-refractivity contribution is 0.629. The van der Waals surface area contributed by atoms with Crippen LogP contribution in [-0.2, 0) is 0 Å². The highest BCUT2D eigenvalue weighted by Gasteiger charge is 2.09. The largest absolute Gasteiger partial charge is 0.398 e. The minimum absolute atomic E-state index is 0.294. The predicted molar refractivity (Wildman–Crippen MR) is 84.3 cm³/mol. The number of nitrogens with two attached hydrogens (primary N) is 1. The molecule has 1 aromatic heterocycles. The molecule has 94 valence electrons. The van der Waals surface area contributed by atoms with Crippen LogP contribution < -0.4 is 5.73 Å². The minimum atomic E-state index is -0.294. The van der Waals surface area contributed by atoms with Crippen molar-refractivity contribution in [1.29, 1.82) is 0 Å². The van der Waals surface area contributed by atoms with Crippen molar-refractivity contribution in [3.63, 3.8) is 0 Å². The van der Waals surface area contributed by atoms with Crippen LogP contribution in [0.2, 0.25) is 0 Å². The van der Waals surface area contributed by atoms with Gasteiger partial charge in [-0.2, -0.15) is 0 Å². The van der Waals surface area contributed by atoms with Crippen LogP contribution in [0.15, 0.2) is 48.5 Å². The summed E-state index contributed by atoms with van der Waals surface area (Å²) in [5, 5.41) is 0.657. The van der Waals surface area contributed by atoms with Gasteiger partial charge < -0.3 is 5.73 Å². The first kappa shape index (κ1) is 12.3. The Morgan fingerprint density at radius 1 is 1.05 bits per heavy atom. The topological polar surface area (TPSA) is 38.9 Å². The summed E-state index contributed by atoms with van der Waals surface area (Å²) >= 11 is 2.08. The van der Waals surface area contributed by atoms with Crippen molar-refractivity contribution in [2.45, 2.75) is 0 Å². The molecule has 0 unspecified atom stereocenters. The summed E-state index contributed by atoms with van der Waals surface area (Å²) in [6, 6.07) is 14.5. The number of hydrogen-bond donors (Lipinski definition) is 1. The maximum Gasteiger partial charge on any atom is 0.125 e. The van der Waals surface area contributed by atoms with E-state index >= 15 is 0 Å². The third-order valence-electron chi connectivity index (χ3n) is 2.93. The molecule has 0 fully saturated rings. The lowest BCUT2D eigenvalue weighted by atomic mass is 10.1. The van der Waals surface area contributed by atoms with Crippen LogP contribution in [0.3, 0.4) is 0 Å². The molecule has 0 radical (unpaired) electrons. The highest BCUT2D eigenvalue weighted by Crippen LogP contribution is 2.29. The molecular formula is C15H10FIN2. The molecule has 4 heteroatoms. The summed E-state index contributed by atoms with van der Waals surface area (Å²) in [5.74, 6) is -0.294. The van der Waals surface area contributed by atoms with Gasteiger partial charge in [0.25, 0.3) is 0 Å². The van der Waals surface area contributed by atoms with Gasteiger partial charge in [0.2, 0.25) is 0 Å². The lowest BCUT2D eigenvalue weighted by Crippen LogP contribution is -1.95. The number of anilines is 1. The van der Waals surface area contributed by atoms with Gasteiger partial charge in [-0.3, -0.25) is 0 Å².